The van der Waals surface area contributed by atoms with Gasteiger partial charge in [-0.3, -0.25) is 0 Å². The molecule has 59 heavy (non-hydrogen) atoms. The average molecular weight is 895 g/mol. The van der Waals surface area contributed by atoms with E-state index in [1.54, 1.807) is 62.1 Å². The van der Waals surface area contributed by atoms with Gasteiger partial charge in [0.1, 0.15) is 0 Å². The van der Waals surface area contributed by atoms with Crippen molar-refractivity contribution in [2.24, 2.45) is 0 Å². The van der Waals surface area contributed by atoms with Crippen LogP contribution >= 0.6 is 22.3 Å². The first kappa shape index (κ1) is 64.3. The minimum Gasteiger partial charge on any atom is -0.790 e. The molecule has 0 fully saturated rings. The van der Waals surface area contributed by atoms with Crippen molar-refractivity contribution in [3.05, 3.63) is 0 Å². The van der Waals surface area contributed by atoms with Crippen molar-refractivity contribution in [3.8, 4) is 0 Å². The standard InChI is InChI=1S/2C24H52P.C4H11O4P/c2*1-5-9-13-14-15-16-17-18-19-20-24-25(21-10-6-2,22-11-7-3)23-12-8-4;1-2-3-4-8-9(5,6)7/h2*5-24H2,1-4H3;2-4H2,1H3,(H2,5,6,7)/q2*+1;/p-2. The van der Waals surface area contributed by atoms with Crippen LogP contribution in [0.2, 0.25) is 0 Å². The molecule has 0 saturated heterocycles. The van der Waals surface area contributed by atoms with Crippen LogP contribution in [0.25, 0.3) is 0 Å². The van der Waals surface area contributed by atoms with Gasteiger partial charge in [0.2, 0.25) is 0 Å². The lowest BCUT2D eigenvalue weighted by Crippen LogP contribution is -2.16. The highest BCUT2D eigenvalue weighted by molar-refractivity contribution is 7.76. The maximum absolute atomic E-state index is 9.76. The normalized spacial score (nSPS) is 12.0. The van der Waals surface area contributed by atoms with Crippen LogP contribution in [-0.2, 0) is 9.09 Å². The third kappa shape index (κ3) is 48.3. The number of hydrogen-bond acceptors (Lipinski definition) is 4. The maximum Gasteiger partial charge on any atom is 0.0596 e. The van der Waals surface area contributed by atoms with Gasteiger partial charge in [-0.1, -0.05) is 210 Å². The molecular weight excluding hydrogens is 781 g/mol. The molecule has 7 heteroatoms. The Bertz CT molecular complexity index is 724. The molecule has 0 aromatic rings. The molecule has 0 aliphatic carbocycles. The Hall–Kier alpha value is 0.970. The van der Waals surface area contributed by atoms with Gasteiger partial charge >= 0.3 is 0 Å². The SMILES string of the molecule is CCCCCCCCCCCC[P+](CCCC)(CCCC)CCCC.CCCCCCCCCCCC[P+](CCCC)(CCCC)CCCC.CCCCOP(=O)([O-])[O-]. The second-order valence-electron chi connectivity index (χ2n) is 18.6. The van der Waals surface area contributed by atoms with Crippen molar-refractivity contribution in [2.75, 3.05) is 55.9 Å². The van der Waals surface area contributed by atoms with Crippen molar-refractivity contribution in [3.63, 3.8) is 0 Å². The third-order valence-electron chi connectivity index (χ3n) is 12.6. The van der Waals surface area contributed by atoms with E-state index in [0.717, 1.165) is 6.42 Å². The molecule has 0 bridgehead atoms. The Morgan fingerprint density at radius 2 is 0.475 bits per heavy atom. The predicted octanol–water partition coefficient (Wildman–Crippen LogP) is 18.3. The number of unbranched alkanes of at least 4 members (excludes halogenated alkanes) is 25. The van der Waals surface area contributed by atoms with E-state index < -0.39 is 22.3 Å². The van der Waals surface area contributed by atoms with Crippen molar-refractivity contribution in [1.82, 2.24) is 0 Å². The van der Waals surface area contributed by atoms with Crippen LogP contribution < -0.4 is 9.79 Å². The Morgan fingerprint density at radius 1 is 0.288 bits per heavy atom. The van der Waals surface area contributed by atoms with Gasteiger partial charge in [0.25, 0.3) is 0 Å². The van der Waals surface area contributed by atoms with Gasteiger partial charge in [0.15, 0.2) is 0 Å². The van der Waals surface area contributed by atoms with Crippen molar-refractivity contribution >= 4 is 22.3 Å². The van der Waals surface area contributed by atoms with Gasteiger partial charge in [-0.05, 0) is 70.6 Å². The molecule has 0 N–H and O–H groups in total. The van der Waals surface area contributed by atoms with Gasteiger partial charge in [0.05, 0.1) is 63.7 Å². The second kappa shape index (κ2) is 50.0. The Kier molecular flexibility index (Phi) is 54.4. The zero-order valence-corrected chi connectivity index (χ0v) is 45.1. The molecule has 0 aromatic carbocycles. The highest BCUT2D eigenvalue weighted by Crippen LogP contribution is 2.62. The molecule has 4 nitrogen and oxygen atoms in total. The van der Waals surface area contributed by atoms with E-state index in [1.807, 2.05) is 6.92 Å². The van der Waals surface area contributed by atoms with E-state index in [1.165, 1.54) is 193 Å². The summed E-state index contributed by atoms with van der Waals surface area (Å²) in [6.07, 6.45) is 61.4. The molecule has 0 saturated carbocycles. The van der Waals surface area contributed by atoms with Crippen molar-refractivity contribution in [2.45, 2.75) is 281 Å². The Labute approximate surface area is 376 Å². The quantitative estimate of drug-likeness (QED) is 0.0451. The summed E-state index contributed by atoms with van der Waals surface area (Å²) < 4.78 is 13.7. The summed E-state index contributed by atoms with van der Waals surface area (Å²) in [4.78, 5) is 19.5. The lowest BCUT2D eigenvalue weighted by atomic mass is 10.1. The van der Waals surface area contributed by atoms with Crippen LogP contribution in [0, 0.1) is 0 Å². The van der Waals surface area contributed by atoms with E-state index in [2.05, 4.69) is 59.9 Å². The molecule has 0 atom stereocenters. The smallest absolute Gasteiger partial charge is 0.0596 e. The molecule has 0 aliphatic rings. The van der Waals surface area contributed by atoms with Gasteiger partial charge < -0.3 is 18.9 Å². The minimum absolute atomic E-state index is 0.0147. The fourth-order valence-corrected chi connectivity index (χ4v) is 19.2. The summed E-state index contributed by atoms with van der Waals surface area (Å²) in [6, 6.07) is 0. The zero-order valence-electron chi connectivity index (χ0n) is 42.4. The van der Waals surface area contributed by atoms with E-state index >= 15 is 0 Å². The maximum atomic E-state index is 9.76. The number of phosphoric ester groups is 1. The highest BCUT2D eigenvalue weighted by Gasteiger charge is 2.35. The van der Waals surface area contributed by atoms with Gasteiger partial charge in [-0.25, -0.2) is 0 Å². The largest absolute Gasteiger partial charge is 0.790 e. The summed E-state index contributed by atoms with van der Waals surface area (Å²) in [7, 11) is -5.93. The lowest BCUT2D eigenvalue weighted by molar-refractivity contribution is -0.341. The molecule has 0 aromatic heterocycles. The van der Waals surface area contributed by atoms with E-state index in [-0.39, 0.29) is 6.61 Å². The molecule has 0 unspecified atom stereocenters. The molecule has 0 radical (unpaired) electrons. The summed E-state index contributed by atoms with van der Waals surface area (Å²) in [5, 5.41) is 0. The van der Waals surface area contributed by atoms with Crippen LogP contribution in [0.1, 0.15) is 281 Å². The average Bonchev–Trinajstić information content (AvgIpc) is 3.23. The molecule has 360 valence electrons. The number of hydrogen-bond donors (Lipinski definition) is 0. The van der Waals surface area contributed by atoms with Gasteiger partial charge in [-0.15, -0.1) is 0 Å². The van der Waals surface area contributed by atoms with Crippen LogP contribution in [0.15, 0.2) is 0 Å². The van der Waals surface area contributed by atoms with Crippen LogP contribution in [0.3, 0.4) is 0 Å². The topological polar surface area (TPSA) is 72.4 Å². The minimum atomic E-state index is -4.70. The molecular formula is C52H113O4P3. The van der Waals surface area contributed by atoms with E-state index in [0.29, 0.717) is 6.42 Å². The van der Waals surface area contributed by atoms with E-state index in [4.69, 9.17) is 0 Å². The van der Waals surface area contributed by atoms with Crippen LogP contribution in [0.5, 0.6) is 0 Å². The lowest BCUT2D eigenvalue weighted by Gasteiger charge is -2.28. The molecule has 0 spiro atoms. The Morgan fingerprint density at radius 3 is 0.678 bits per heavy atom. The Balaban J connectivity index is -0.000000880. The highest BCUT2D eigenvalue weighted by atomic mass is 31.2. The third-order valence-corrected chi connectivity index (χ3v) is 23.3. The first-order valence-corrected chi connectivity index (χ1v) is 33.4. The fraction of sp³-hybridized carbons (Fsp3) is 1.00. The number of rotatable bonds is 44. The second-order valence-corrected chi connectivity index (χ2v) is 28.7. The van der Waals surface area contributed by atoms with Crippen molar-refractivity contribution < 1.29 is 18.9 Å². The summed E-state index contributed by atoms with van der Waals surface area (Å²) >= 11 is 0. The first-order chi connectivity index (χ1) is 28.5. The molecule has 0 aliphatic heterocycles. The van der Waals surface area contributed by atoms with Crippen LogP contribution in [-0.4, -0.2) is 55.9 Å². The summed E-state index contributed by atoms with van der Waals surface area (Å²) in [6.45, 7) is 20.8. The fourth-order valence-electron chi connectivity index (χ4n) is 8.49. The zero-order chi connectivity index (χ0) is 44.6. The molecule has 0 rings (SSSR count). The predicted molar refractivity (Wildman–Crippen MR) is 274 cm³/mol. The van der Waals surface area contributed by atoms with Crippen molar-refractivity contribution in [1.29, 1.82) is 0 Å². The van der Waals surface area contributed by atoms with Crippen LogP contribution in [0.4, 0.5) is 0 Å². The van der Waals surface area contributed by atoms with Gasteiger partial charge in [-0.2, -0.15) is 0 Å². The van der Waals surface area contributed by atoms with E-state index in [9.17, 15) is 14.4 Å². The summed E-state index contributed by atoms with van der Waals surface area (Å²) in [5.74, 6) is 0. The van der Waals surface area contributed by atoms with Gasteiger partial charge in [0, 0.05) is 14.5 Å². The molecule has 0 amide bonds. The monoisotopic (exact) mass is 895 g/mol. The first-order valence-electron chi connectivity index (χ1n) is 26.9. The molecule has 0 heterocycles. The number of phosphoric acid groups is 1. The summed E-state index contributed by atoms with van der Waals surface area (Å²) in [5.41, 5.74) is 0.